The summed E-state index contributed by atoms with van der Waals surface area (Å²) in [4.78, 5) is 26.0. The van der Waals surface area contributed by atoms with Crippen LogP contribution in [0.1, 0.15) is 16.8 Å². The third-order valence-electron chi connectivity index (χ3n) is 3.39. The Labute approximate surface area is 121 Å². The molecule has 1 fully saturated rings. The number of amides is 2. The number of hydrogen-bond acceptors (Lipinski definition) is 4. The first kappa shape index (κ1) is 13.3. The van der Waals surface area contributed by atoms with Gasteiger partial charge in [-0.3, -0.25) is 9.59 Å². The molecule has 6 heteroatoms. The molecule has 2 aliphatic heterocycles. The Bertz CT molecular complexity index is 539. The van der Waals surface area contributed by atoms with E-state index in [4.69, 9.17) is 4.74 Å². The van der Waals surface area contributed by atoms with Gasteiger partial charge in [0.25, 0.3) is 11.8 Å². The molecule has 0 saturated carbocycles. The topological polar surface area (TPSA) is 58.6 Å². The molecule has 0 unspecified atom stereocenters. The zero-order valence-electron chi connectivity index (χ0n) is 11.1. The van der Waals surface area contributed by atoms with Crippen molar-refractivity contribution in [3.05, 3.63) is 23.8 Å². The van der Waals surface area contributed by atoms with E-state index in [1.54, 1.807) is 18.2 Å². The van der Waals surface area contributed by atoms with Crippen molar-refractivity contribution >= 4 is 29.3 Å². The fraction of sp³-hybridized carbons (Fsp3) is 0.429. The van der Waals surface area contributed by atoms with Gasteiger partial charge in [0, 0.05) is 18.8 Å². The maximum atomic E-state index is 12.6. The second kappa shape index (κ2) is 5.75. The number of nitrogens with zero attached hydrogens (tertiary/aromatic N) is 1. The van der Waals surface area contributed by atoms with Crippen LogP contribution in [0, 0.1) is 0 Å². The molecule has 2 heterocycles. The summed E-state index contributed by atoms with van der Waals surface area (Å²) in [5, 5.41) is 2.75. The Balaban J connectivity index is 1.89. The van der Waals surface area contributed by atoms with Crippen LogP contribution in [0.3, 0.4) is 0 Å². The van der Waals surface area contributed by atoms with Crippen molar-refractivity contribution in [1.82, 2.24) is 4.90 Å². The van der Waals surface area contributed by atoms with E-state index in [-0.39, 0.29) is 18.4 Å². The lowest BCUT2D eigenvalue weighted by atomic mass is 10.1. The van der Waals surface area contributed by atoms with E-state index in [0.717, 1.165) is 31.0 Å². The average Bonchev–Trinajstić information content (AvgIpc) is 2.75. The highest BCUT2D eigenvalue weighted by Gasteiger charge is 2.25. The highest BCUT2D eigenvalue weighted by atomic mass is 32.2. The van der Waals surface area contributed by atoms with Crippen LogP contribution in [0.4, 0.5) is 5.69 Å². The Kier molecular flexibility index (Phi) is 3.82. The van der Waals surface area contributed by atoms with Crippen LogP contribution in [0.2, 0.25) is 0 Å². The number of carbonyl (C=O) groups excluding carboxylic acids is 2. The van der Waals surface area contributed by atoms with Crippen molar-refractivity contribution in [2.45, 2.75) is 6.42 Å². The molecule has 0 radical (unpaired) electrons. The standard InChI is InChI=1S/C14H16N2O3S/c17-12-9-19-11-4-1-3-10(13(11)15-12)14(18)16-5-2-7-20-8-6-16/h1,3-4H,2,5-9H2,(H,15,17). The third-order valence-corrected chi connectivity index (χ3v) is 4.44. The van der Waals surface area contributed by atoms with Gasteiger partial charge in [0.1, 0.15) is 5.75 Å². The Morgan fingerprint density at radius 2 is 2.20 bits per heavy atom. The smallest absolute Gasteiger partial charge is 0.262 e. The van der Waals surface area contributed by atoms with Crippen LogP contribution in [0.25, 0.3) is 0 Å². The first-order chi connectivity index (χ1) is 9.75. The molecule has 106 valence electrons. The zero-order chi connectivity index (χ0) is 13.9. The summed E-state index contributed by atoms with van der Waals surface area (Å²) in [6.07, 6.45) is 1.01. The van der Waals surface area contributed by atoms with E-state index in [0.29, 0.717) is 17.0 Å². The molecule has 0 atom stereocenters. The van der Waals surface area contributed by atoms with E-state index in [1.165, 1.54) is 0 Å². The Morgan fingerprint density at radius 3 is 3.10 bits per heavy atom. The number of ether oxygens (including phenoxy) is 1. The van der Waals surface area contributed by atoms with E-state index in [2.05, 4.69) is 5.32 Å². The summed E-state index contributed by atoms with van der Waals surface area (Å²) >= 11 is 1.87. The SMILES string of the molecule is O=C1COc2cccc(C(=O)N3CCCSCC3)c2N1. The van der Waals surface area contributed by atoms with Gasteiger partial charge in [-0.2, -0.15) is 11.8 Å². The first-order valence-corrected chi connectivity index (χ1v) is 7.84. The van der Waals surface area contributed by atoms with Crippen LogP contribution >= 0.6 is 11.8 Å². The Morgan fingerprint density at radius 1 is 1.30 bits per heavy atom. The Hall–Kier alpha value is -1.69. The van der Waals surface area contributed by atoms with E-state index in [1.807, 2.05) is 16.7 Å². The molecular formula is C14H16N2O3S. The minimum atomic E-state index is -0.218. The van der Waals surface area contributed by atoms with Crippen molar-refractivity contribution in [3.63, 3.8) is 0 Å². The highest BCUT2D eigenvalue weighted by Crippen LogP contribution is 2.32. The van der Waals surface area contributed by atoms with Gasteiger partial charge in [0.15, 0.2) is 6.61 Å². The van der Waals surface area contributed by atoms with Crippen molar-refractivity contribution in [1.29, 1.82) is 0 Å². The average molecular weight is 292 g/mol. The fourth-order valence-corrected chi connectivity index (χ4v) is 3.28. The molecular weight excluding hydrogens is 276 g/mol. The van der Waals surface area contributed by atoms with Gasteiger partial charge >= 0.3 is 0 Å². The van der Waals surface area contributed by atoms with Crippen molar-refractivity contribution < 1.29 is 14.3 Å². The lowest BCUT2D eigenvalue weighted by Gasteiger charge is -2.24. The fourth-order valence-electron chi connectivity index (χ4n) is 2.40. The summed E-state index contributed by atoms with van der Waals surface area (Å²) in [5.74, 6) is 2.37. The number of hydrogen-bond donors (Lipinski definition) is 1. The number of fused-ring (bicyclic) bond motifs is 1. The van der Waals surface area contributed by atoms with Gasteiger partial charge in [-0.15, -0.1) is 0 Å². The number of rotatable bonds is 1. The molecule has 1 N–H and O–H groups in total. The molecule has 1 aromatic carbocycles. The molecule has 0 bridgehead atoms. The van der Waals surface area contributed by atoms with Gasteiger partial charge < -0.3 is 15.0 Å². The zero-order valence-corrected chi connectivity index (χ0v) is 11.9. The molecule has 1 aromatic rings. The summed E-state index contributed by atoms with van der Waals surface area (Å²) in [6.45, 7) is 1.53. The number of thioether (sulfide) groups is 1. The van der Waals surface area contributed by atoms with Crippen molar-refractivity contribution in [2.24, 2.45) is 0 Å². The lowest BCUT2D eigenvalue weighted by Crippen LogP contribution is -2.35. The number of para-hydroxylation sites is 1. The molecule has 3 rings (SSSR count). The molecule has 2 aliphatic rings. The first-order valence-electron chi connectivity index (χ1n) is 6.68. The molecule has 0 aliphatic carbocycles. The van der Waals surface area contributed by atoms with Gasteiger partial charge in [0.05, 0.1) is 11.3 Å². The second-order valence-electron chi connectivity index (χ2n) is 4.77. The largest absolute Gasteiger partial charge is 0.482 e. The van der Waals surface area contributed by atoms with Crippen LogP contribution < -0.4 is 10.1 Å². The van der Waals surface area contributed by atoms with Crippen LogP contribution in [-0.4, -0.2) is 47.9 Å². The number of nitrogens with one attached hydrogen (secondary N) is 1. The van der Waals surface area contributed by atoms with Gasteiger partial charge in [0.2, 0.25) is 0 Å². The molecule has 20 heavy (non-hydrogen) atoms. The lowest BCUT2D eigenvalue weighted by molar-refractivity contribution is -0.118. The molecule has 0 aromatic heterocycles. The maximum absolute atomic E-state index is 12.6. The third kappa shape index (κ3) is 2.60. The summed E-state index contributed by atoms with van der Waals surface area (Å²) in [7, 11) is 0. The summed E-state index contributed by atoms with van der Waals surface area (Å²) < 4.78 is 5.35. The minimum Gasteiger partial charge on any atom is -0.482 e. The number of anilines is 1. The monoisotopic (exact) mass is 292 g/mol. The summed E-state index contributed by atoms with van der Waals surface area (Å²) in [5.41, 5.74) is 1.02. The number of carbonyl (C=O) groups is 2. The van der Waals surface area contributed by atoms with Gasteiger partial charge in [-0.05, 0) is 24.3 Å². The van der Waals surface area contributed by atoms with Gasteiger partial charge in [-0.1, -0.05) is 6.07 Å². The normalized spacial score (nSPS) is 18.6. The predicted octanol–water partition coefficient (Wildman–Crippen LogP) is 1.60. The molecule has 2 amide bonds. The van der Waals surface area contributed by atoms with Gasteiger partial charge in [-0.25, -0.2) is 0 Å². The highest BCUT2D eigenvalue weighted by molar-refractivity contribution is 7.99. The van der Waals surface area contributed by atoms with Crippen LogP contribution in [-0.2, 0) is 4.79 Å². The molecule has 5 nitrogen and oxygen atoms in total. The van der Waals surface area contributed by atoms with E-state index >= 15 is 0 Å². The second-order valence-corrected chi connectivity index (χ2v) is 6.00. The van der Waals surface area contributed by atoms with Crippen LogP contribution in [0.5, 0.6) is 5.75 Å². The van der Waals surface area contributed by atoms with E-state index in [9.17, 15) is 9.59 Å². The quantitative estimate of drug-likeness (QED) is 0.854. The maximum Gasteiger partial charge on any atom is 0.262 e. The number of benzene rings is 1. The van der Waals surface area contributed by atoms with Crippen molar-refractivity contribution in [3.8, 4) is 5.75 Å². The molecule has 0 spiro atoms. The molecule has 1 saturated heterocycles. The van der Waals surface area contributed by atoms with Crippen molar-refractivity contribution in [2.75, 3.05) is 36.5 Å². The predicted molar refractivity (Wildman–Crippen MR) is 78.4 cm³/mol. The van der Waals surface area contributed by atoms with Crippen LogP contribution in [0.15, 0.2) is 18.2 Å². The van der Waals surface area contributed by atoms with E-state index < -0.39 is 0 Å². The summed E-state index contributed by atoms with van der Waals surface area (Å²) in [6, 6.07) is 5.30. The minimum absolute atomic E-state index is 0.00496.